The number of hydrogen-bond donors (Lipinski definition) is 0. The zero-order valence-electron chi connectivity index (χ0n) is 9.20. The smallest absolute Gasteiger partial charge is 0.214 e. The first-order valence-electron chi connectivity index (χ1n) is 5.51. The fourth-order valence-electron chi connectivity index (χ4n) is 1.81. The molecule has 0 radical (unpaired) electrons. The largest absolute Gasteiger partial charge is 0.350 e. The molecule has 0 N–H and O–H groups in total. The maximum atomic E-state index is 5.40. The van der Waals surface area contributed by atoms with E-state index in [9.17, 15) is 0 Å². The van der Waals surface area contributed by atoms with E-state index < -0.39 is 0 Å². The van der Waals surface area contributed by atoms with Gasteiger partial charge in [-0.1, -0.05) is 29.4 Å². The predicted molar refractivity (Wildman–Crippen MR) is 59.1 cm³/mol. The summed E-state index contributed by atoms with van der Waals surface area (Å²) in [5.74, 6) is 0.602. The van der Waals surface area contributed by atoms with E-state index in [-0.39, 0.29) is 6.29 Å². The van der Waals surface area contributed by atoms with Crippen LogP contribution in [-0.4, -0.2) is 29.6 Å². The molecule has 5 heteroatoms. The van der Waals surface area contributed by atoms with Gasteiger partial charge in [0, 0.05) is 12.0 Å². The van der Waals surface area contributed by atoms with E-state index in [4.69, 9.17) is 14.0 Å². The number of nitrogens with zero attached hydrogens (tertiary/aromatic N) is 2. The molecule has 0 spiro atoms. The van der Waals surface area contributed by atoms with Gasteiger partial charge in [0.15, 0.2) is 6.29 Å². The Balaban J connectivity index is 1.71. The molecule has 5 nitrogen and oxygen atoms in total. The summed E-state index contributed by atoms with van der Waals surface area (Å²) in [4.78, 5) is 3.99. The maximum absolute atomic E-state index is 5.40. The Morgan fingerprint density at radius 2 is 1.88 bits per heavy atom. The van der Waals surface area contributed by atoms with Crippen LogP contribution in [0.4, 0.5) is 0 Å². The minimum atomic E-state index is -0.106. The Bertz CT molecular complexity index is 461. The quantitative estimate of drug-likeness (QED) is 0.805. The Labute approximate surface area is 98.4 Å². The van der Waals surface area contributed by atoms with Crippen molar-refractivity contribution in [3.05, 3.63) is 36.2 Å². The lowest BCUT2D eigenvalue weighted by atomic mass is 10.1. The average molecular weight is 232 g/mol. The van der Waals surface area contributed by atoms with Gasteiger partial charge in [0.25, 0.3) is 0 Å². The summed E-state index contributed by atoms with van der Waals surface area (Å²) in [7, 11) is 0. The molecule has 2 heterocycles. The first kappa shape index (κ1) is 10.4. The molecule has 88 valence electrons. The third-order valence-electron chi connectivity index (χ3n) is 2.67. The molecule has 2 aromatic rings. The Kier molecular flexibility index (Phi) is 2.85. The van der Waals surface area contributed by atoms with Gasteiger partial charge >= 0.3 is 0 Å². The van der Waals surface area contributed by atoms with Crippen LogP contribution in [0.15, 0.2) is 35.2 Å². The molecule has 1 saturated heterocycles. The van der Waals surface area contributed by atoms with Crippen LogP contribution in [0.2, 0.25) is 0 Å². The second-order valence-electron chi connectivity index (χ2n) is 3.83. The second kappa shape index (κ2) is 4.65. The highest BCUT2D eigenvalue weighted by Gasteiger charge is 2.16. The van der Waals surface area contributed by atoms with Crippen LogP contribution in [0.25, 0.3) is 11.4 Å². The van der Waals surface area contributed by atoms with Crippen LogP contribution in [0.5, 0.6) is 0 Å². The van der Waals surface area contributed by atoms with Crippen LogP contribution in [-0.2, 0) is 15.9 Å². The van der Waals surface area contributed by atoms with Gasteiger partial charge in [-0.25, -0.2) is 0 Å². The Morgan fingerprint density at radius 1 is 1.12 bits per heavy atom. The van der Waals surface area contributed by atoms with Gasteiger partial charge < -0.3 is 14.0 Å². The predicted octanol–water partition coefficient (Wildman–Crippen LogP) is 1.65. The highest BCUT2D eigenvalue weighted by molar-refractivity contribution is 5.54. The lowest BCUT2D eigenvalue weighted by Crippen LogP contribution is -2.10. The van der Waals surface area contributed by atoms with Crippen LogP contribution >= 0.6 is 0 Å². The standard InChI is InChI=1S/C12H12N2O3/c1-3-10(12-13-8-17-14-12)4-2-9(1)7-11-15-5-6-16-11/h1-4,8,11H,5-7H2. The first-order chi connectivity index (χ1) is 8.42. The Hall–Kier alpha value is -1.72. The minimum Gasteiger partial charge on any atom is -0.350 e. The van der Waals surface area contributed by atoms with E-state index >= 15 is 0 Å². The SMILES string of the molecule is c1nc(-c2ccc(CC3OCCO3)cc2)no1. The van der Waals surface area contributed by atoms with Crippen LogP contribution in [0.1, 0.15) is 5.56 Å². The van der Waals surface area contributed by atoms with Gasteiger partial charge in [0.05, 0.1) is 13.2 Å². The first-order valence-corrected chi connectivity index (χ1v) is 5.51. The molecule has 1 fully saturated rings. The molecule has 0 aliphatic carbocycles. The van der Waals surface area contributed by atoms with Crippen molar-refractivity contribution in [2.24, 2.45) is 0 Å². The monoisotopic (exact) mass is 232 g/mol. The topological polar surface area (TPSA) is 57.4 Å². The van der Waals surface area contributed by atoms with E-state index in [1.807, 2.05) is 24.3 Å². The van der Waals surface area contributed by atoms with Crippen LogP contribution in [0.3, 0.4) is 0 Å². The third kappa shape index (κ3) is 2.35. The number of hydrogen-bond acceptors (Lipinski definition) is 5. The Morgan fingerprint density at radius 3 is 2.53 bits per heavy atom. The second-order valence-corrected chi connectivity index (χ2v) is 3.83. The molecule has 0 saturated carbocycles. The molecule has 1 aliphatic heterocycles. The van der Waals surface area contributed by atoms with Gasteiger partial charge in [-0.15, -0.1) is 0 Å². The third-order valence-corrected chi connectivity index (χ3v) is 2.67. The highest BCUT2D eigenvalue weighted by Crippen LogP contribution is 2.17. The molecule has 0 bridgehead atoms. The van der Waals surface area contributed by atoms with Gasteiger partial charge in [-0.05, 0) is 5.56 Å². The summed E-state index contributed by atoms with van der Waals surface area (Å²) in [6, 6.07) is 7.98. The molecule has 3 rings (SSSR count). The zero-order valence-corrected chi connectivity index (χ0v) is 9.20. The molecular formula is C12H12N2O3. The number of aromatic nitrogens is 2. The molecule has 17 heavy (non-hydrogen) atoms. The summed E-state index contributed by atoms with van der Waals surface area (Å²) < 4.78 is 15.5. The minimum absolute atomic E-state index is 0.106. The van der Waals surface area contributed by atoms with E-state index in [2.05, 4.69) is 10.1 Å². The van der Waals surface area contributed by atoms with Crippen molar-refractivity contribution in [2.75, 3.05) is 13.2 Å². The molecular weight excluding hydrogens is 220 g/mol. The molecule has 0 amide bonds. The maximum Gasteiger partial charge on any atom is 0.214 e. The molecule has 1 aromatic carbocycles. The summed E-state index contributed by atoms with van der Waals surface area (Å²) in [5, 5.41) is 3.78. The number of ether oxygens (including phenoxy) is 2. The van der Waals surface area contributed by atoms with Gasteiger partial charge in [-0.3, -0.25) is 0 Å². The fraction of sp³-hybridized carbons (Fsp3) is 0.333. The lowest BCUT2D eigenvalue weighted by molar-refractivity contribution is -0.0399. The lowest BCUT2D eigenvalue weighted by Gasteiger charge is -2.08. The van der Waals surface area contributed by atoms with Gasteiger partial charge in [0.2, 0.25) is 12.2 Å². The summed E-state index contributed by atoms with van der Waals surface area (Å²) >= 11 is 0. The van der Waals surface area contributed by atoms with Crippen molar-refractivity contribution in [3.8, 4) is 11.4 Å². The van der Waals surface area contributed by atoms with E-state index in [1.54, 1.807) is 0 Å². The number of rotatable bonds is 3. The van der Waals surface area contributed by atoms with Crippen molar-refractivity contribution in [1.29, 1.82) is 0 Å². The fourth-order valence-corrected chi connectivity index (χ4v) is 1.81. The van der Waals surface area contributed by atoms with Crippen molar-refractivity contribution >= 4 is 0 Å². The number of benzene rings is 1. The van der Waals surface area contributed by atoms with Crippen molar-refractivity contribution in [2.45, 2.75) is 12.7 Å². The molecule has 1 aliphatic rings. The van der Waals surface area contributed by atoms with E-state index in [0.29, 0.717) is 19.0 Å². The summed E-state index contributed by atoms with van der Waals surface area (Å²) in [6.07, 6.45) is 1.99. The van der Waals surface area contributed by atoms with Crippen molar-refractivity contribution < 1.29 is 14.0 Å². The van der Waals surface area contributed by atoms with Gasteiger partial charge in [0.1, 0.15) is 0 Å². The van der Waals surface area contributed by atoms with Crippen molar-refractivity contribution in [1.82, 2.24) is 10.1 Å². The van der Waals surface area contributed by atoms with Crippen molar-refractivity contribution in [3.63, 3.8) is 0 Å². The van der Waals surface area contributed by atoms with Gasteiger partial charge in [-0.2, -0.15) is 4.98 Å². The van der Waals surface area contributed by atoms with E-state index in [0.717, 1.165) is 12.0 Å². The highest BCUT2D eigenvalue weighted by atomic mass is 16.7. The summed E-state index contributed by atoms with van der Waals surface area (Å²) in [5.41, 5.74) is 2.11. The average Bonchev–Trinajstić information content (AvgIpc) is 3.01. The van der Waals surface area contributed by atoms with Crippen LogP contribution < -0.4 is 0 Å². The van der Waals surface area contributed by atoms with Crippen LogP contribution in [0, 0.1) is 0 Å². The summed E-state index contributed by atoms with van der Waals surface area (Å²) in [6.45, 7) is 1.37. The molecule has 1 aromatic heterocycles. The zero-order chi connectivity index (χ0) is 11.5. The molecule has 0 atom stereocenters. The van der Waals surface area contributed by atoms with E-state index in [1.165, 1.54) is 12.0 Å². The normalized spacial score (nSPS) is 16.5. The molecule has 0 unspecified atom stereocenters.